The summed E-state index contributed by atoms with van der Waals surface area (Å²) in [6.45, 7) is 0. The second-order valence-electron chi connectivity index (χ2n) is 4.85. The van der Waals surface area contributed by atoms with Gasteiger partial charge in [0.25, 0.3) is 0 Å². The average Bonchev–Trinajstić information content (AvgIpc) is 2.73. The lowest BCUT2D eigenvalue weighted by Crippen LogP contribution is -2.08. The van der Waals surface area contributed by atoms with Crippen LogP contribution in [-0.4, -0.2) is 23.6 Å². The largest absolute Gasteiger partial charge is 0.378 e. The number of rotatable bonds is 2. The maximum absolute atomic E-state index is 6.03. The zero-order valence-electron chi connectivity index (χ0n) is 11.3. The molecule has 102 valence electrons. The number of aromatic nitrogens is 2. The van der Waals surface area contributed by atoms with Crippen molar-refractivity contribution in [2.75, 3.05) is 24.7 Å². The van der Waals surface area contributed by atoms with E-state index < -0.39 is 0 Å². The van der Waals surface area contributed by atoms with Crippen LogP contribution in [0, 0.1) is 0 Å². The number of nitrogen functional groups attached to an aromatic ring is 1. The van der Waals surface area contributed by atoms with Gasteiger partial charge in [-0.3, -0.25) is 4.57 Å². The first-order chi connectivity index (χ1) is 9.56. The monoisotopic (exact) mass is 286 g/mol. The van der Waals surface area contributed by atoms with E-state index in [1.807, 2.05) is 49.0 Å². The summed E-state index contributed by atoms with van der Waals surface area (Å²) >= 11 is 5.99. The minimum atomic E-state index is 0.458. The van der Waals surface area contributed by atoms with Crippen LogP contribution in [0.1, 0.15) is 0 Å². The molecule has 3 aromatic rings. The smallest absolute Gasteiger partial charge is 0.205 e. The molecule has 0 unspecified atom stereocenters. The number of hydrogen-bond acceptors (Lipinski definition) is 3. The second-order valence-corrected chi connectivity index (χ2v) is 5.29. The first kappa shape index (κ1) is 12.8. The van der Waals surface area contributed by atoms with Gasteiger partial charge in [-0.25, -0.2) is 4.98 Å². The third-order valence-electron chi connectivity index (χ3n) is 3.27. The number of nitrogens with two attached hydrogens (primary N) is 1. The quantitative estimate of drug-likeness (QED) is 0.786. The van der Waals surface area contributed by atoms with Crippen LogP contribution in [0.3, 0.4) is 0 Å². The van der Waals surface area contributed by atoms with Gasteiger partial charge in [0.05, 0.1) is 11.0 Å². The van der Waals surface area contributed by atoms with Gasteiger partial charge in [0.2, 0.25) is 5.95 Å². The summed E-state index contributed by atoms with van der Waals surface area (Å²) < 4.78 is 1.92. The summed E-state index contributed by atoms with van der Waals surface area (Å²) in [7, 11) is 4.02. The van der Waals surface area contributed by atoms with Crippen molar-refractivity contribution in [3.8, 4) is 5.69 Å². The molecule has 0 fully saturated rings. The molecule has 0 bridgehead atoms. The van der Waals surface area contributed by atoms with E-state index in [-0.39, 0.29) is 0 Å². The van der Waals surface area contributed by atoms with Gasteiger partial charge in [0.15, 0.2) is 0 Å². The summed E-state index contributed by atoms with van der Waals surface area (Å²) in [6.07, 6.45) is 0. The Kier molecular flexibility index (Phi) is 3.03. The first-order valence-electron chi connectivity index (χ1n) is 6.27. The van der Waals surface area contributed by atoms with Crippen molar-refractivity contribution in [2.45, 2.75) is 0 Å². The molecule has 0 amide bonds. The van der Waals surface area contributed by atoms with Crippen LogP contribution >= 0.6 is 11.6 Å². The molecule has 1 heterocycles. The Bertz CT molecular complexity index is 759. The van der Waals surface area contributed by atoms with Crippen molar-refractivity contribution in [3.63, 3.8) is 0 Å². The molecular formula is C15H15ClN4. The Hall–Kier alpha value is -2.20. The van der Waals surface area contributed by atoms with Gasteiger partial charge >= 0.3 is 0 Å². The zero-order valence-corrected chi connectivity index (χ0v) is 12.1. The van der Waals surface area contributed by atoms with E-state index in [2.05, 4.69) is 22.0 Å². The predicted molar refractivity (Wildman–Crippen MR) is 84.8 cm³/mol. The van der Waals surface area contributed by atoms with E-state index in [1.54, 1.807) is 0 Å². The Balaban J connectivity index is 2.16. The highest BCUT2D eigenvalue weighted by Gasteiger charge is 2.10. The Morgan fingerprint density at radius 2 is 1.80 bits per heavy atom. The van der Waals surface area contributed by atoms with E-state index in [4.69, 9.17) is 17.3 Å². The van der Waals surface area contributed by atoms with Gasteiger partial charge in [-0.05, 0) is 42.5 Å². The van der Waals surface area contributed by atoms with Gasteiger partial charge in [-0.15, -0.1) is 0 Å². The summed E-state index contributed by atoms with van der Waals surface area (Å²) in [4.78, 5) is 6.41. The molecule has 1 aromatic heterocycles. The first-order valence-corrected chi connectivity index (χ1v) is 6.65. The average molecular weight is 287 g/mol. The lowest BCUT2D eigenvalue weighted by molar-refractivity contribution is 1.09. The number of hydrogen-bond donors (Lipinski definition) is 1. The molecule has 20 heavy (non-hydrogen) atoms. The number of anilines is 2. The van der Waals surface area contributed by atoms with Crippen LogP contribution < -0.4 is 10.6 Å². The van der Waals surface area contributed by atoms with Crippen LogP contribution in [0.4, 0.5) is 11.6 Å². The van der Waals surface area contributed by atoms with Gasteiger partial charge in [0.1, 0.15) is 0 Å². The Morgan fingerprint density at radius 3 is 2.45 bits per heavy atom. The second kappa shape index (κ2) is 4.72. The highest BCUT2D eigenvalue weighted by molar-refractivity contribution is 6.31. The number of benzene rings is 2. The minimum Gasteiger partial charge on any atom is -0.378 e. The third-order valence-corrected chi connectivity index (χ3v) is 3.50. The Morgan fingerprint density at radius 1 is 1.10 bits per heavy atom. The van der Waals surface area contributed by atoms with E-state index in [0.717, 1.165) is 22.4 Å². The third kappa shape index (κ3) is 2.08. The highest BCUT2D eigenvalue weighted by Crippen LogP contribution is 2.26. The molecule has 0 aliphatic rings. The predicted octanol–water partition coefficient (Wildman–Crippen LogP) is 3.33. The lowest BCUT2D eigenvalue weighted by atomic mass is 10.2. The molecule has 3 rings (SSSR count). The van der Waals surface area contributed by atoms with Crippen molar-refractivity contribution in [1.29, 1.82) is 0 Å². The van der Waals surface area contributed by atoms with Gasteiger partial charge in [-0.2, -0.15) is 0 Å². The molecule has 2 N–H and O–H groups in total. The van der Waals surface area contributed by atoms with Crippen molar-refractivity contribution in [3.05, 3.63) is 47.5 Å². The maximum Gasteiger partial charge on any atom is 0.205 e. The molecule has 0 aliphatic heterocycles. The van der Waals surface area contributed by atoms with Crippen molar-refractivity contribution >= 4 is 34.3 Å². The van der Waals surface area contributed by atoms with Gasteiger partial charge in [0, 0.05) is 30.5 Å². The molecule has 0 saturated heterocycles. The molecule has 0 radical (unpaired) electrons. The number of halogens is 1. The van der Waals surface area contributed by atoms with Crippen LogP contribution in [0.15, 0.2) is 42.5 Å². The fourth-order valence-electron chi connectivity index (χ4n) is 2.24. The zero-order chi connectivity index (χ0) is 14.3. The molecule has 0 atom stereocenters. The van der Waals surface area contributed by atoms with Crippen LogP contribution in [0.25, 0.3) is 16.7 Å². The fourth-order valence-corrected chi connectivity index (χ4v) is 2.41. The Labute approximate surface area is 122 Å². The molecular weight excluding hydrogens is 272 g/mol. The molecule has 5 heteroatoms. The highest BCUT2D eigenvalue weighted by atomic mass is 35.5. The van der Waals surface area contributed by atoms with E-state index in [1.165, 1.54) is 0 Å². The van der Waals surface area contributed by atoms with Gasteiger partial charge < -0.3 is 10.6 Å². The fraction of sp³-hybridized carbons (Fsp3) is 0.133. The van der Waals surface area contributed by atoms with Crippen LogP contribution in [-0.2, 0) is 0 Å². The lowest BCUT2D eigenvalue weighted by Gasteiger charge is -2.13. The maximum atomic E-state index is 6.03. The van der Waals surface area contributed by atoms with Crippen molar-refractivity contribution < 1.29 is 0 Å². The SMILES string of the molecule is CN(C)c1ccc(-n2c(N)nc3cc(Cl)ccc32)cc1. The summed E-state index contributed by atoms with van der Waals surface area (Å²) in [5.74, 6) is 0.458. The topological polar surface area (TPSA) is 47.1 Å². The number of imidazole rings is 1. The van der Waals surface area contributed by atoms with E-state index in [9.17, 15) is 0 Å². The van der Waals surface area contributed by atoms with Crippen LogP contribution in [0.2, 0.25) is 5.02 Å². The molecule has 0 aliphatic carbocycles. The number of fused-ring (bicyclic) bond motifs is 1. The van der Waals surface area contributed by atoms with Crippen molar-refractivity contribution in [2.24, 2.45) is 0 Å². The van der Waals surface area contributed by atoms with Crippen molar-refractivity contribution in [1.82, 2.24) is 9.55 Å². The number of nitrogens with zero attached hydrogens (tertiary/aromatic N) is 3. The molecule has 0 spiro atoms. The minimum absolute atomic E-state index is 0.458. The standard InChI is InChI=1S/C15H15ClN4/c1-19(2)11-4-6-12(7-5-11)20-14-8-3-10(16)9-13(14)18-15(20)17/h3-9H,1-2H3,(H2,17,18). The van der Waals surface area contributed by atoms with Crippen LogP contribution in [0.5, 0.6) is 0 Å². The summed E-state index contributed by atoms with van der Waals surface area (Å²) in [5, 5.41) is 0.658. The molecule has 0 saturated carbocycles. The molecule has 4 nitrogen and oxygen atoms in total. The van der Waals surface area contributed by atoms with Gasteiger partial charge in [-0.1, -0.05) is 11.6 Å². The summed E-state index contributed by atoms with van der Waals surface area (Å²) in [5.41, 5.74) is 9.90. The van der Waals surface area contributed by atoms with E-state index >= 15 is 0 Å². The normalized spacial score (nSPS) is 10.9. The molecule has 2 aromatic carbocycles. The summed E-state index contributed by atoms with van der Waals surface area (Å²) in [6, 6.07) is 13.8. The van der Waals surface area contributed by atoms with E-state index in [0.29, 0.717) is 11.0 Å².